The Kier molecular flexibility index (Phi) is 6.88. The molecule has 1 unspecified atom stereocenters. The van der Waals surface area contributed by atoms with Gasteiger partial charge < -0.3 is 10.3 Å². The standard InChI is InChI=1S/C33H34N4O3/c1-3-4-5-12-19-34-31(38)24-16-9-11-18-27(24)37-32(39)28-20-25-23-15-8-10-17-26(23)35-29(25)30(36(28)33(37)40)22-14-7-6-13-21(22)2/h6-11,13-18,28,30,35H,3-5,12,19-20H2,1-2H3,(H,34,38)/t28-,30?/m0/s1. The van der Waals surface area contributed by atoms with Gasteiger partial charge in [0.1, 0.15) is 12.1 Å². The molecule has 40 heavy (non-hydrogen) atoms. The number of amides is 4. The highest BCUT2D eigenvalue weighted by Crippen LogP contribution is 2.45. The number of imide groups is 1. The van der Waals surface area contributed by atoms with Gasteiger partial charge in [0.2, 0.25) is 0 Å². The fourth-order valence-corrected chi connectivity index (χ4v) is 6.22. The number of hydrogen-bond acceptors (Lipinski definition) is 3. The van der Waals surface area contributed by atoms with Crippen LogP contribution in [0.25, 0.3) is 10.9 Å². The number of aromatic amines is 1. The van der Waals surface area contributed by atoms with E-state index in [4.69, 9.17) is 0 Å². The molecule has 2 atom stereocenters. The summed E-state index contributed by atoms with van der Waals surface area (Å²) in [7, 11) is 0. The molecule has 7 heteroatoms. The summed E-state index contributed by atoms with van der Waals surface area (Å²) < 4.78 is 0. The summed E-state index contributed by atoms with van der Waals surface area (Å²) in [6.07, 6.45) is 4.60. The Morgan fingerprint density at radius 1 is 0.950 bits per heavy atom. The highest BCUT2D eigenvalue weighted by molar-refractivity contribution is 6.24. The zero-order valence-electron chi connectivity index (χ0n) is 22.9. The second-order valence-electron chi connectivity index (χ2n) is 10.7. The monoisotopic (exact) mass is 534 g/mol. The SMILES string of the molecule is CCCCCCNC(=O)c1ccccc1N1C(=O)[C@@H]2Cc3c([nH]c4ccccc34)C(c3ccccc3C)N2C1=O. The van der Waals surface area contributed by atoms with Gasteiger partial charge in [0.05, 0.1) is 11.3 Å². The first-order valence-corrected chi connectivity index (χ1v) is 14.2. The van der Waals surface area contributed by atoms with Gasteiger partial charge in [0.25, 0.3) is 11.8 Å². The van der Waals surface area contributed by atoms with Crippen LogP contribution in [-0.2, 0) is 11.2 Å². The van der Waals surface area contributed by atoms with Gasteiger partial charge in [-0.15, -0.1) is 0 Å². The van der Waals surface area contributed by atoms with E-state index in [-0.39, 0.29) is 11.8 Å². The third-order valence-corrected chi connectivity index (χ3v) is 8.24. The second kappa shape index (κ2) is 10.6. The number of unbranched alkanes of at least 4 members (excludes halogenated alkanes) is 3. The molecule has 1 fully saturated rings. The van der Waals surface area contributed by atoms with Gasteiger partial charge in [-0.3, -0.25) is 14.5 Å². The molecule has 3 aromatic carbocycles. The summed E-state index contributed by atoms with van der Waals surface area (Å²) in [5, 5.41) is 4.05. The molecular weight excluding hydrogens is 500 g/mol. The summed E-state index contributed by atoms with van der Waals surface area (Å²) >= 11 is 0. The average Bonchev–Trinajstić information content (AvgIpc) is 3.46. The summed E-state index contributed by atoms with van der Waals surface area (Å²) in [6, 6.07) is 21.4. The van der Waals surface area contributed by atoms with Gasteiger partial charge in [0.15, 0.2) is 0 Å². The molecule has 6 rings (SSSR count). The molecule has 0 saturated carbocycles. The van der Waals surface area contributed by atoms with Crippen molar-refractivity contribution in [3.8, 4) is 0 Å². The molecule has 4 amide bonds. The molecular formula is C33H34N4O3. The van der Waals surface area contributed by atoms with E-state index in [1.165, 1.54) is 4.90 Å². The van der Waals surface area contributed by atoms with Crippen molar-refractivity contribution in [3.63, 3.8) is 0 Å². The summed E-state index contributed by atoms with van der Waals surface area (Å²) in [4.78, 5) is 48.1. The molecule has 1 saturated heterocycles. The number of nitrogens with one attached hydrogen (secondary N) is 2. The number of hydrogen-bond donors (Lipinski definition) is 2. The lowest BCUT2D eigenvalue weighted by Gasteiger charge is -2.36. The third-order valence-electron chi connectivity index (χ3n) is 8.24. The highest BCUT2D eigenvalue weighted by atomic mass is 16.2. The topological polar surface area (TPSA) is 85.5 Å². The Bertz CT molecular complexity index is 1610. The zero-order chi connectivity index (χ0) is 27.8. The van der Waals surface area contributed by atoms with Crippen LogP contribution in [0, 0.1) is 6.92 Å². The number of carbonyl (C=O) groups is 3. The summed E-state index contributed by atoms with van der Waals surface area (Å²) in [5.41, 5.74) is 5.66. The van der Waals surface area contributed by atoms with E-state index in [9.17, 15) is 14.4 Å². The van der Waals surface area contributed by atoms with Crippen molar-refractivity contribution in [2.45, 2.75) is 58.0 Å². The van der Waals surface area contributed by atoms with Crippen molar-refractivity contribution in [2.75, 3.05) is 11.4 Å². The maximum atomic E-state index is 14.3. The van der Waals surface area contributed by atoms with Crippen molar-refractivity contribution in [2.24, 2.45) is 0 Å². The number of benzene rings is 3. The van der Waals surface area contributed by atoms with E-state index in [1.54, 1.807) is 29.2 Å². The molecule has 7 nitrogen and oxygen atoms in total. The van der Waals surface area contributed by atoms with E-state index < -0.39 is 18.1 Å². The average molecular weight is 535 g/mol. The predicted molar refractivity (Wildman–Crippen MR) is 156 cm³/mol. The number of carbonyl (C=O) groups excluding carboxylic acids is 3. The van der Waals surface area contributed by atoms with Crippen LogP contribution in [0.15, 0.2) is 72.8 Å². The first-order valence-electron chi connectivity index (χ1n) is 14.2. The van der Waals surface area contributed by atoms with Gasteiger partial charge in [-0.1, -0.05) is 80.8 Å². The Morgan fingerprint density at radius 3 is 2.52 bits per heavy atom. The number of fused-ring (bicyclic) bond motifs is 4. The minimum atomic E-state index is -0.672. The first kappa shape index (κ1) is 25.9. The van der Waals surface area contributed by atoms with Crippen LogP contribution < -0.4 is 10.2 Å². The molecule has 204 valence electrons. The van der Waals surface area contributed by atoms with Gasteiger partial charge in [0, 0.05) is 29.6 Å². The lowest BCUT2D eigenvalue weighted by molar-refractivity contribution is -0.120. The van der Waals surface area contributed by atoms with Crippen LogP contribution in [0.1, 0.15) is 71.4 Å². The Balaban J connectivity index is 1.40. The van der Waals surface area contributed by atoms with E-state index >= 15 is 0 Å². The fourth-order valence-electron chi connectivity index (χ4n) is 6.22. The number of H-pyrrole nitrogens is 1. The fraction of sp³-hybridized carbons (Fsp3) is 0.303. The molecule has 2 aliphatic heterocycles. The summed E-state index contributed by atoms with van der Waals surface area (Å²) in [6.45, 7) is 4.73. The molecule has 1 aromatic heterocycles. The molecule has 3 heterocycles. The van der Waals surface area contributed by atoms with Crippen LogP contribution in [0.4, 0.5) is 10.5 Å². The van der Waals surface area contributed by atoms with Crippen LogP contribution in [0.2, 0.25) is 0 Å². The quantitative estimate of drug-likeness (QED) is 0.206. The van der Waals surface area contributed by atoms with Crippen LogP contribution in [0.5, 0.6) is 0 Å². The molecule has 2 N–H and O–H groups in total. The van der Waals surface area contributed by atoms with Gasteiger partial charge in [-0.2, -0.15) is 0 Å². The van der Waals surface area contributed by atoms with Crippen molar-refractivity contribution in [3.05, 3.63) is 101 Å². The number of aromatic nitrogens is 1. The number of aryl methyl sites for hydroxylation is 1. The van der Waals surface area contributed by atoms with E-state index in [1.807, 2.05) is 49.4 Å². The lowest BCUT2D eigenvalue weighted by atomic mass is 9.87. The lowest BCUT2D eigenvalue weighted by Crippen LogP contribution is -2.44. The van der Waals surface area contributed by atoms with Crippen LogP contribution in [-0.4, -0.2) is 40.3 Å². The van der Waals surface area contributed by atoms with E-state index in [0.717, 1.165) is 59.0 Å². The predicted octanol–water partition coefficient (Wildman–Crippen LogP) is 6.27. The minimum absolute atomic E-state index is 0.274. The molecule has 0 spiro atoms. The van der Waals surface area contributed by atoms with Gasteiger partial charge >= 0.3 is 6.03 Å². The summed E-state index contributed by atoms with van der Waals surface area (Å²) in [5.74, 6) is -0.577. The van der Waals surface area contributed by atoms with Crippen molar-refractivity contribution in [1.29, 1.82) is 0 Å². The van der Waals surface area contributed by atoms with Gasteiger partial charge in [-0.25, -0.2) is 9.69 Å². The Labute approximate surface area is 234 Å². The molecule has 4 aromatic rings. The van der Waals surface area contributed by atoms with Crippen LogP contribution in [0.3, 0.4) is 0 Å². The van der Waals surface area contributed by atoms with Gasteiger partial charge in [-0.05, 0) is 48.2 Å². The third kappa shape index (κ3) is 4.26. The second-order valence-corrected chi connectivity index (χ2v) is 10.7. The van der Waals surface area contributed by atoms with Crippen LogP contribution >= 0.6 is 0 Å². The van der Waals surface area contributed by atoms with E-state index in [2.05, 4.69) is 23.3 Å². The number of rotatable bonds is 8. The Hall–Kier alpha value is -4.39. The number of para-hydroxylation sites is 2. The smallest absolute Gasteiger partial charge is 0.332 e. The maximum Gasteiger partial charge on any atom is 0.332 e. The van der Waals surface area contributed by atoms with Crippen molar-refractivity contribution < 1.29 is 14.4 Å². The zero-order valence-corrected chi connectivity index (χ0v) is 22.9. The molecule has 2 aliphatic rings. The Morgan fingerprint density at radius 2 is 1.70 bits per heavy atom. The highest BCUT2D eigenvalue weighted by Gasteiger charge is 2.53. The number of nitrogens with zero attached hydrogens (tertiary/aromatic N) is 2. The first-order chi connectivity index (χ1) is 19.5. The van der Waals surface area contributed by atoms with E-state index in [0.29, 0.717) is 24.2 Å². The number of urea groups is 1. The van der Waals surface area contributed by atoms with Crippen molar-refractivity contribution in [1.82, 2.24) is 15.2 Å². The minimum Gasteiger partial charge on any atom is -0.356 e. The maximum absolute atomic E-state index is 14.3. The largest absolute Gasteiger partial charge is 0.356 e. The molecule has 0 bridgehead atoms. The number of anilines is 1. The molecule has 0 radical (unpaired) electrons. The molecule has 0 aliphatic carbocycles. The van der Waals surface area contributed by atoms with Crippen molar-refractivity contribution >= 4 is 34.4 Å². The normalized spacial score (nSPS) is 18.2.